The molecule has 2 heterocycles. The Hall–Kier alpha value is -3.33. The molecule has 0 saturated carbocycles. The predicted molar refractivity (Wildman–Crippen MR) is 97.1 cm³/mol. The Kier molecular flexibility index (Phi) is 5.13. The molecule has 2 aromatic rings. The fourth-order valence-electron chi connectivity index (χ4n) is 2.55. The summed E-state index contributed by atoms with van der Waals surface area (Å²) >= 11 is 1.35. The van der Waals surface area contributed by atoms with Crippen molar-refractivity contribution in [1.29, 1.82) is 0 Å². The molecule has 1 N–H and O–H groups in total. The van der Waals surface area contributed by atoms with Crippen molar-refractivity contribution in [2.45, 2.75) is 13.5 Å². The summed E-state index contributed by atoms with van der Waals surface area (Å²) < 4.78 is 0. The van der Waals surface area contributed by atoms with Crippen molar-refractivity contribution in [1.82, 2.24) is 9.80 Å². The zero-order valence-corrected chi connectivity index (χ0v) is 15.1. The van der Waals surface area contributed by atoms with Crippen LogP contribution < -0.4 is 5.32 Å². The van der Waals surface area contributed by atoms with E-state index < -0.39 is 30.3 Å². The van der Waals surface area contributed by atoms with Gasteiger partial charge < -0.3 is 5.32 Å². The van der Waals surface area contributed by atoms with Crippen molar-refractivity contribution >= 4 is 46.6 Å². The minimum atomic E-state index is -1.04. The second-order valence-corrected chi connectivity index (χ2v) is 6.86. The Bertz CT molecular complexity index is 938. The molecule has 0 spiro atoms. The van der Waals surface area contributed by atoms with Gasteiger partial charge in [-0.2, -0.15) is 0 Å². The highest BCUT2D eigenvalue weighted by Crippen LogP contribution is 2.19. The third kappa shape index (κ3) is 3.93. The van der Waals surface area contributed by atoms with Gasteiger partial charge in [-0.3, -0.25) is 24.1 Å². The van der Waals surface area contributed by atoms with E-state index in [9.17, 15) is 24.0 Å². The first kappa shape index (κ1) is 18.5. The molecule has 0 unspecified atom stereocenters. The van der Waals surface area contributed by atoms with E-state index >= 15 is 0 Å². The lowest BCUT2D eigenvalue weighted by Crippen LogP contribution is -2.38. The molecule has 0 aliphatic carbocycles. The Morgan fingerprint density at radius 1 is 1.04 bits per heavy atom. The molecule has 0 atom stereocenters. The number of amides is 5. The van der Waals surface area contributed by atoms with Gasteiger partial charge in [0.2, 0.25) is 5.91 Å². The van der Waals surface area contributed by atoms with Gasteiger partial charge >= 0.3 is 17.8 Å². The lowest BCUT2D eigenvalue weighted by molar-refractivity contribution is -0.143. The molecule has 1 fully saturated rings. The Balaban J connectivity index is 1.67. The van der Waals surface area contributed by atoms with Gasteiger partial charge in [0.05, 0.1) is 6.54 Å². The molecular weight excluding hydrogens is 370 g/mol. The lowest BCUT2D eigenvalue weighted by atomic mass is 10.1. The van der Waals surface area contributed by atoms with E-state index in [1.54, 1.807) is 35.7 Å². The summed E-state index contributed by atoms with van der Waals surface area (Å²) in [7, 11) is 0. The number of anilines is 1. The van der Waals surface area contributed by atoms with Crippen LogP contribution in [0.4, 0.5) is 10.5 Å². The first-order valence-electron chi connectivity index (χ1n) is 7.97. The number of thiophene rings is 1. The molecule has 0 radical (unpaired) electrons. The molecule has 8 nitrogen and oxygen atoms in total. The van der Waals surface area contributed by atoms with Gasteiger partial charge in [-0.1, -0.05) is 18.2 Å². The third-order valence-corrected chi connectivity index (χ3v) is 4.74. The minimum Gasteiger partial charge on any atom is -0.325 e. The van der Waals surface area contributed by atoms with Gasteiger partial charge in [0, 0.05) is 16.1 Å². The van der Waals surface area contributed by atoms with Crippen molar-refractivity contribution in [3.8, 4) is 0 Å². The van der Waals surface area contributed by atoms with Gasteiger partial charge in [0.1, 0.15) is 6.54 Å². The SMILES string of the molecule is CC(=O)c1cccc(NC(=O)CN2C(=O)C(=O)N(Cc3cccs3)C2=O)c1. The molecule has 1 aromatic carbocycles. The van der Waals surface area contributed by atoms with Crippen molar-refractivity contribution in [3.63, 3.8) is 0 Å². The Labute approximate surface area is 158 Å². The number of carbonyl (C=O) groups is 5. The average Bonchev–Trinajstić information content (AvgIpc) is 3.21. The van der Waals surface area contributed by atoms with E-state index in [0.29, 0.717) is 16.2 Å². The van der Waals surface area contributed by atoms with Crippen molar-refractivity contribution in [2.75, 3.05) is 11.9 Å². The zero-order chi connectivity index (χ0) is 19.6. The van der Waals surface area contributed by atoms with Crippen LogP contribution in [0.2, 0.25) is 0 Å². The van der Waals surface area contributed by atoms with Crippen LogP contribution >= 0.6 is 11.3 Å². The third-order valence-electron chi connectivity index (χ3n) is 3.88. The van der Waals surface area contributed by atoms with E-state index in [1.165, 1.54) is 24.3 Å². The number of hydrogen-bond donors (Lipinski definition) is 1. The number of ketones is 1. The van der Waals surface area contributed by atoms with Crippen molar-refractivity contribution in [2.24, 2.45) is 0 Å². The quantitative estimate of drug-likeness (QED) is 0.464. The van der Waals surface area contributed by atoms with Crippen LogP contribution in [-0.4, -0.2) is 45.9 Å². The van der Waals surface area contributed by atoms with E-state index in [1.807, 2.05) is 0 Å². The number of imide groups is 2. The second-order valence-electron chi connectivity index (χ2n) is 5.83. The normalized spacial score (nSPS) is 14.0. The molecule has 27 heavy (non-hydrogen) atoms. The van der Waals surface area contributed by atoms with E-state index in [4.69, 9.17) is 0 Å². The summed E-state index contributed by atoms with van der Waals surface area (Å²) in [5.74, 6) is -2.81. The maximum absolute atomic E-state index is 12.4. The minimum absolute atomic E-state index is 0.0140. The molecule has 1 saturated heterocycles. The standard InChI is InChI=1S/C18H15N3O5S/c1-11(22)12-4-2-5-13(8-12)19-15(23)10-21-17(25)16(24)20(18(21)26)9-14-6-3-7-27-14/h2-8H,9-10H2,1H3,(H,19,23). The number of urea groups is 1. The second kappa shape index (κ2) is 7.50. The predicted octanol–water partition coefficient (Wildman–Crippen LogP) is 1.88. The topological polar surface area (TPSA) is 104 Å². The van der Waals surface area contributed by atoms with Crippen molar-refractivity contribution in [3.05, 3.63) is 52.2 Å². The van der Waals surface area contributed by atoms with E-state index in [2.05, 4.69) is 5.32 Å². The molecule has 9 heteroatoms. The highest BCUT2D eigenvalue weighted by Gasteiger charge is 2.45. The van der Waals surface area contributed by atoms with Crippen molar-refractivity contribution < 1.29 is 24.0 Å². The number of nitrogens with zero attached hydrogens (tertiary/aromatic N) is 2. The fraction of sp³-hybridized carbons (Fsp3) is 0.167. The largest absolute Gasteiger partial charge is 0.335 e. The molecular formula is C18H15N3O5S. The maximum atomic E-state index is 12.4. The highest BCUT2D eigenvalue weighted by atomic mass is 32.1. The summed E-state index contributed by atoms with van der Waals surface area (Å²) in [5.41, 5.74) is 0.770. The molecule has 5 amide bonds. The first-order chi connectivity index (χ1) is 12.9. The van der Waals surface area contributed by atoms with Crippen LogP contribution in [0.1, 0.15) is 22.2 Å². The number of benzene rings is 1. The smallest absolute Gasteiger partial charge is 0.325 e. The number of rotatable bonds is 6. The first-order valence-corrected chi connectivity index (χ1v) is 8.85. The van der Waals surface area contributed by atoms with Gasteiger partial charge in [-0.25, -0.2) is 9.69 Å². The van der Waals surface area contributed by atoms with Gasteiger partial charge in [0.25, 0.3) is 0 Å². The fourth-order valence-corrected chi connectivity index (χ4v) is 3.24. The Morgan fingerprint density at radius 2 is 1.78 bits per heavy atom. The molecule has 1 aliphatic heterocycles. The molecule has 1 aromatic heterocycles. The van der Waals surface area contributed by atoms with Crippen LogP contribution in [0.3, 0.4) is 0 Å². The summed E-state index contributed by atoms with van der Waals surface area (Å²) in [6.45, 7) is 0.796. The van der Waals surface area contributed by atoms with Crippen LogP contribution in [-0.2, 0) is 20.9 Å². The molecule has 3 rings (SSSR count). The monoisotopic (exact) mass is 385 g/mol. The summed E-state index contributed by atoms with van der Waals surface area (Å²) in [5, 5.41) is 4.31. The average molecular weight is 385 g/mol. The Morgan fingerprint density at radius 3 is 2.44 bits per heavy atom. The summed E-state index contributed by atoms with van der Waals surface area (Å²) in [4.78, 5) is 62.3. The number of carbonyl (C=O) groups excluding carboxylic acids is 5. The van der Waals surface area contributed by atoms with Gasteiger partial charge in [0.15, 0.2) is 5.78 Å². The number of nitrogens with one attached hydrogen (secondary N) is 1. The van der Waals surface area contributed by atoms with E-state index in [-0.39, 0.29) is 12.3 Å². The summed E-state index contributed by atoms with van der Waals surface area (Å²) in [6, 6.07) is 8.96. The lowest BCUT2D eigenvalue weighted by Gasteiger charge is -2.15. The maximum Gasteiger partial charge on any atom is 0.335 e. The van der Waals surface area contributed by atoms with Crippen LogP contribution in [0.25, 0.3) is 0 Å². The molecule has 138 valence electrons. The van der Waals surface area contributed by atoms with Crippen LogP contribution in [0.15, 0.2) is 41.8 Å². The number of Topliss-reactive ketones (excluding diaryl/α,β-unsaturated/α-hetero) is 1. The summed E-state index contributed by atoms with van der Waals surface area (Å²) in [6.07, 6.45) is 0. The molecule has 1 aliphatic rings. The van der Waals surface area contributed by atoms with Gasteiger partial charge in [-0.15, -0.1) is 11.3 Å². The van der Waals surface area contributed by atoms with Crippen LogP contribution in [0.5, 0.6) is 0 Å². The highest BCUT2D eigenvalue weighted by molar-refractivity contribution is 7.09. The van der Waals surface area contributed by atoms with Crippen LogP contribution in [0, 0.1) is 0 Å². The zero-order valence-electron chi connectivity index (χ0n) is 14.3. The van der Waals surface area contributed by atoms with E-state index in [0.717, 1.165) is 9.78 Å². The molecule has 0 bridgehead atoms. The van der Waals surface area contributed by atoms with Gasteiger partial charge in [-0.05, 0) is 30.5 Å². The number of hydrogen-bond acceptors (Lipinski definition) is 6.